The predicted octanol–water partition coefficient (Wildman–Crippen LogP) is 3.73. The highest BCUT2D eigenvalue weighted by Crippen LogP contribution is 2.39. The lowest BCUT2D eigenvalue weighted by molar-refractivity contribution is 0.406. The fraction of sp³-hybridized carbons (Fsp3) is 0.316. The molecule has 0 aromatic heterocycles. The average Bonchev–Trinajstić information content (AvgIpc) is 2.72. The normalized spacial score (nSPS) is 22.8. The topological polar surface area (TPSA) is 36.9 Å². The van der Waals surface area contributed by atoms with Crippen molar-refractivity contribution in [3.63, 3.8) is 0 Å². The van der Waals surface area contributed by atoms with Crippen LogP contribution in [-0.2, 0) is 0 Å². The van der Waals surface area contributed by atoms with E-state index in [1.807, 2.05) is 36.5 Å². The number of ether oxygens (including phenoxy) is 1. The Kier molecular flexibility index (Phi) is 3.54. The molecule has 2 aromatic rings. The van der Waals surface area contributed by atoms with Crippen LogP contribution in [0.25, 0.3) is 0 Å². The first-order valence-corrected chi connectivity index (χ1v) is 8.15. The summed E-state index contributed by atoms with van der Waals surface area (Å²) in [6.45, 7) is 6.43. The molecule has 2 atom stereocenters. The quantitative estimate of drug-likeness (QED) is 0.744. The Morgan fingerprint density at radius 3 is 2.57 bits per heavy atom. The Morgan fingerprint density at radius 1 is 1.00 bits per heavy atom. The number of benzene rings is 2. The summed E-state index contributed by atoms with van der Waals surface area (Å²) in [6.07, 6.45) is 1.94. The molecule has 1 N–H and O–H groups in total. The van der Waals surface area contributed by atoms with Crippen molar-refractivity contribution >= 4 is 17.6 Å². The van der Waals surface area contributed by atoms with Gasteiger partial charge in [0.1, 0.15) is 11.4 Å². The van der Waals surface area contributed by atoms with Crippen molar-refractivity contribution in [2.75, 3.05) is 18.0 Å². The summed E-state index contributed by atoms with van der Waals surface area (Å²) < 4.78 is 6.12. The number of hydrogen-bond donors (Lipinski definition) is 1. The Balaban J connectivity index is 1.75. The number of para-hydroxylation sites is 2. The largest absolute Gasteiger partial charge is 0.454 e. The summed E-state index contributed by atoms with van der Waals surface area (Å²) in [7, 11) is 0. The number of rotatable bonds is 1. The van der Waals surface area contributed by atoms with Crippen LogP contribution in [0.5, 0.6) is 11.5 Å². The summed E-state index contributed by atoms with van der Waals surface area (Å²) in [5.74, 6) is 1.68. The van der Waals surface area contributed by atoms with E-state index in [1.54, 1.807) is 0 Å². The van der Waals surface area contributed by atoms with Crippen molar-refractivity contribution in [3.8, 4) is 11.5 Å². The lowest BCUT2D eigenvalue weighted by Crippen LogP contribution is -2.54. The molecular formula is C19H21N3O. The van der Waals surface area contributed by atoms with Gasteiger partial charge in [0.25, 0.3) is 0 Å². The number of nitrogens with one attached hydrogen (secondary N) is 1. The van der Waals surface area contributed by atoms with E-state index in [0.717, 1.165) is 35.8 Å². The van der Waals surface area contributed by atoms with E-state index < -0.39 is 0 Å². The summed E-state index contributed by atoms with van der Waals surface area (Å²) in [5, 5.41) is 3.58. The molecule has 2 heterocycles. The van der Waals surface area contributed by atoms with Crippen molar-refractivity contribution in [1.82, 2.24) is 5.32 Å². The first-order chi connectivity index (χ1) is 11.2. The van der Waals surface area contributed by atoms with Crippen molar-refractivity contribution in [2.45, 2.75) is 25.9 Å². The van der Waals surface area contributed by atoms with Crippen LogP contribution in [0.1, 0.15) is 19.4 Å². The highest BCUT2D eigenvalue weighted by atomic mass is 16.5. The summed E-state index contributed by atoms with van der Waals surface area (Å²) in [6, 6.07) is 15.1. The molecule has 4 nitrogen and oxygen atoms in total. The molecule has 2 aliphatic heterocycles. The minimum Gasteiger partial charge on any atom is -0.454 e. The summed E-state index contributed by atoms with van der Waals surface area (Å²) in [5.41, 5.74) is 3.13. The Labute approximate surface area is 136 Å². The van der Waals surface area contributed by atoms with E-state index in [0.29, 0.717) is 12.1 Å². The van der Waals surface area contributed by atoms with Crippen LogP contribution in [0.2, 0.25) is 0 Å². The van der Waals surface area contributed by atoms with E-state index >= 15 is 0 Å². The number of aliphatic imine (C=N–C) groups is 1. The van der Waals surface area contributed by atoms with Crippen LogP contribution in [-0.4, -0.2) is 31.4 Å². The Morgan fingerprint density at radius 2 is 1.74 bits per heavy atom. The van der Waals surface area contributed by atoms with Crippen molar-refractivity contribution in [3.05, 3.63) is 48.0 Å². The molecule has 4 heteroatoms. The first-order valence-electron chi connectivity index (χ1n) is 8.15. The van der Waals surface area contributed by atoms with Crippen LogP contribution < -0.4 is 15.0 Å². The second-order valence-corrected chi connectivity index (χ2v) is 6.39. The fourth-order valence-electron chi connectivity index (χ4n) is 3.45. The molecule has 0 aliphatic carbocycles. The van der Waals surface area contributed by atoms with Gasteiger partial charge in [-0.3, -0.25) is 4.99 Å². The standard InChI is InChI=1S/C19H21N3O/c1-13-11-22(12-14(2)21-13)17-7-5-9-18-15(17)10-20-16-6-3-4-8-19(16)23-18/h3-10,13-14,21H,11-12H2,1-2H3. The molecule has 0 saturated carbocycles. The van der Waals surface area contributed by atoms with Gasteiger partial charge >= 0.3 is 0 Å². The minimum absolute atomic E-state index is 0.468. The third-order valence-electron chi connectivity index (χ3n) is 4.36. The zero-order chi connectivity index (χ0) is 15.8. The van der Waals surface area contributed by atoms with E-state index in [9.17, 15) is 0 Å². The zero-order valence-corrected chi connectivity index (χ0v) is 13.5. The highest BCUT2D eigenvalue weighted by molar-refractivity contribution is 5.94. The first kappa shape index (κ1) is 14.3. The fourth-order valence-corrected chi connectivity index (χ4v) is 3.45. The molecule has 0 radical (unpaired) electrons. The second-order valence-electron chi connectivity index (χ2n) is 6.39. The van der Waals surface area contributed by atoms with Crippen LogP contribution in [0.3, 0.4) is 0 Å². The van der Waals surface area contributed by atoms with Crippen molar-refractivity contribution < 1.29 is 4.74 Å². The molecule has 118 valence electrons. The van der Waals surface area contributed by atoms with Crippen molar-refractivity contribution in [2.24, 2.45) is 4.99 Å². The van der Waals surface area contributed by atoms with E-state index in [2.05, 4.69) is 41.2 Å². The number of hydrogen-bond acceptors (Lipinski definition) is 4. The van der Waals surface area contributed by atoms with Gasteiger partial charge in [-0.05, 0) is 38.1 Å². The van der Waals surface area contributed by atoms with Gasteiger partial charge in [-0.2, -0.15) is 0 Å². The van der Waals surface area contributed by atoms with Gasteiger partial charge in [0.15, 0.2) is 5.75 Å². The molecule has 1 saturated heterocycles. The maximum Gasteiger partial charge on any atom is 0.153 e. The maximum atomic E-state index is 6.12. The summed E-state index contributed by atoms with van der Waals surface area (Å²) in [4.78, 5) is 7.06. The number of nitrogens with zero attached hydrogens (tertiary/aromatic N) is 2. The molecule has 0 amide bonds. The number of fused-ring (bicyclic) bond motifs is 2. The molecule has 1 fully saturated rings. The maximum absolute atomic E-state index is 6.12. The summed E-state index contributed by atoms with van der Waals surface area (Å²) >= 11 is 0. The van der Waals surface area contributed by atoms with E-state index in [-0.39, 0.29) is 0 Å². The SMILES string of the molecule is CC1CN(c2cccc3c2C=Nc2ccccc2O3)CC(C)N1. The molecule has 23 heavy (non-hydrogen) atoms. The van der Waals surface area contributed by atoms with E-state index in [1.165, 1.54) is 5.69 Å². The molecule has 2 aliphatic rings. The van der Waals surface area contributed by atoms with Gasteiger partial charge < -0.3 is 15.0 Å². The zero-order valence-electron chi connectivity index (χ0n) is 13.5. The highest BCUT2D eigenvalue weighted by Gasteiger charge is 2.24. The van der Waals surface area contributed by atoms with Gasteiger partial charge in [0, 0.05) is 37.1 Å². The van der Waals surface area contributed by atoms with Crippen LogP contribution in [0.4, 0.5) is 11.4 Å². The van der Waals surface area contributed by atoms with Gasteiger partial charge in [0.2, 0.25) is 0 Å². The van der Waals surface area contributed by atoms with Gasteiger partial charge in [-0.25, -0.2) is 0 Å². The number of piperazine rings is 1. The average molecular weight is 307 g/mol. The van der Waals surface area contributed by atoms with Crippen molar-refractivity contribution in [1.29, 1.82) is 0 Å². The molecule has 0 bridgehead atoms. The van der Waals surface area contributed by atoms with Gasteiger partial charge in [-0.1, -0.05) is 18.2 Å². The van der Waals surface area contributed by atoms with Gasteiger partial charge in [0.05, 0.1) is 5.56 Å². The smallest absolute Gasteiger partial charge is 0.153 e. The monoisotopic (exact) mass is 307 g/mol. The minimum atomic E-state index is 0.468. The molecular weight excluding hydrogens is 286 g/mol. The van der Waals surface area contributed by atoms with Crippen LogP contribution in [0, 0.1) is 0 Å². The third kappa shape index (κ3) is 2.70. The molecule has 4 rings (SSSR count). The van der Waals surface area contributed by atoms with Crippen LogP contribution >= 0.6 is 0 Å². The Hall–Kier alpha value is -2.33. The second kappa shape index (κ2) is 5.70. The molecule has 2 unspecified atom stereocenters. The van der Waals surface area contributed by atoms with Gasteiger partial charge in [-0.15, -0.1) is 0 Å². The Bertz CT molecular complexity index is 746. The molecule has 0 spiro atoms. The van der Waals surface area contributed by atoms with Crippen LogP contribution in [0.15, 0.2) is 47.5 Å². The lowest BCUT2D eigenvalue weighted by Gasteiger charge is -2.38. The van der Waals surface area contributed by atoms with E-state index in [4.69, 9.17) is 4.74 Å². The third-order valence-corrected chi connectivity index (χ3v) is 4.36. The predicted molar refractivity (Wildman–Crippen MR) is 94.5 cm³/mol. The lowest BCUT2D eigenvalue weighted by atomic mass is 10.1. The molecule has 2 aromatic carbocycles. The number of anilines is 1.